The Morgan fingerprint density at radius 2 is 1.79 bits per heavy atom. The fraction of sp³-hybridized carbons (Fsp3) is 0.455. The summed E-state index contributed by atoms with van der Waals surface area (Å²) >= 11 is 1.55. The summed E-state index contributed by atoms with van der Waals surface area (Å²) in [5, 5.41) is 0.770. The van der Waals surface area contributed by atoms with Gasteiger partial charge in [0.05, 0.1) is 5.03 Å². The third-order valence-corrected chi connectivity index (χ3v) is 8.36. The fourth-order valence-electron chi connectivity index (χ4n) is 4.00. The van der Waals surface area contributed by atoms with Crippen LogP contribution in [0.4, 0.5) is 0 Å². The molecule has 1 aromatic heterocycles. The third kappa shape index (κ3) is 4.73. The zero-order valence-electron chi connectivity index (χ0n) is 17.5. The molecule has 0 amide bonds. The topological polar surface area (TPSA) is 67.3 Å². The molecule has 0 aliphatic carbocycles. The summed E-state index contributed by atoms with van der Waals surface area (Å²) in [4.78, 5) is 16.6. The summed E-state index contributed by atoms with van der Waals surface area (Å²) < 4.78 is 27.1. The molecule has 0 unspecified atom stereocenters. The molecule has 0 saturated carbocycles. The fourth-order valence-corrected chi connectivity index (χ4v) is 6.49. The lowest BCUT2D eigenvalue weighted by Gasteiger charge is -2.25. The van der Waals surface area contributed by atoms with Crippen molar-refractivity contribution < 1.29 is 13.2 Å². The molecule has 156 valence electrons. The molecule has 0 atom stereocenters. The normalized spacial score (nSPS) is 15.4. The Balaban J connectivity index is 1.76. The second-order valence-corrected chi connectivity index (χ2v) is 10.6. The van der Waals surface area contributed by atoms with Gasteiger partial charge in [-0.25, -0.2) is 13.4 Å². The molecule has 0 bridgehead atoms. The largest absolute Gasteiger partial charge is 0.294 e. The number of Topliss-reactive ketones (excluding diaryl/α,β-unsaturated/α-hetero) is 1. The van der Waals surface area contributed by atoms with Crippen molar-refractivity contribution in [2.75, 3.05) is 13.1 Å². The zero-order valence-corrected chi connectivity index (χ0v) is 19.1. The first kappa shape index (κ1) is 22.0. The minimum absolute atomic E-state index is 0.0802. The third-order valence-electron chi connectivity index (χ3n) is 5.51. The van der Waals surface area contributed by atoms with E-state index < -0.39 is 10.0 Å². The number of hydrogen-bond acceptors (Lipinski definition) is 5. The van der Waals surface area contributed by atoms with Crippen molar-refractivity contribution in [2.24, 2.45) is 0 Å². The van der Waals surface area contributed by atoms with E-state index in [1.165, 1.54) is 6.20 Å². The van der Waals surface area contributed by atoms with Crippen molar-refractivity contribution in [3.8, 4) is 0 Å². The Kier molecular flexibility index (Phi) is 6.81. The van der Waals surface area contributed by atoms with Crippen LogP contribution in [0.1, 0.15) is 58.8 Å². The molecule has 1 aliphatic heterocycles. The smallest absolute Gasteiger partial charge is 0.244 e. The maximum absolute atomic E-state index is 12.7. The van der Waals surface area contributed by atoms with Crippen LogP contribution in [-0.4, -0.2) is 36.6 Å². The van der Waals surface area contributed by atoms with Crippen LogP contribution in [0.5, 0.6) is 0 Å². The van der Waals surface area contributed by atoms with Crippen LogP contribution in [0, 0.1) is 20.8 Å². The molecule has 1 fully saturated rings. The van der Waals surface area contributed by atoms with Gasteiger partial charge in [-0.2, -0.15) is 4.31 Å². The van der Waals surface area contributed by atoms with Gasteiger partial charge in [-0.05, 0) is 74.9 Å². The van der Waals surface area contributed by atoms with Crippen LogP contribution < -0.4 is 0 Å². The average Bonchev–Trinajstić information content (AvgIpc) is 2.68. The van der Waals surface area contributed by atoms with Crippen molar-refractivity contribution in [2.45, 2.75) is 62.6 Å². The number of aromatic nitrogens is 1. The molecule has 1 saturated heterocycles. The van der Waals surface area contributed by atoms with E-state index >= 15 is 0 Å². The summed E-state index contributed by atoms with van der Waals surface area (Å²) in [7, 11) is -3.46. The maximum Gasteiger partial charge on any atom is 0.244 e. The Bertz CT molecular complexity index is 1010. The molecular weight excluding hydrogens is 404 g/mol. The molecular formula is C22H28N2O3S2. The van der Waals surface area contributed by atoms with Gasteiger partial charge < -0.3 is 0 Å². The van der Waals surface area contributed by atoms with Crippen LogP contribution in [-0.2, 0) is 15.8 Å². The van der Waals surface area contributed by atoms with Crippen LogP contribution in [0.25, 0.3) is 0 Å². The summed E-state index contributed by atoms with van der Waals surface area (Å²) in [6.07, 6.45) is 4.38. The lowest BCUT2D eigenvalue weighted by Crippen LogP contribution is -2.35. The van der Waals surface area contributed by atoms with Crippen LogP contribution >= 0.6 is 11.8 Å². The van der Waals surface area contributed by atoms with Gasteiger partial charge >= 0.3 is 0 Å². The average molecular weight is 433 g/mol. The van der Waals surface area contributed by atoms with Crippen LogP contribution in [0.3, 0.4) is 0 Å². The van der Waals surface area contributed by atoms with E-state index in [1.54, 1.807) is 35.1 Å². The molecule has 29 heavy (non-hydrogen) atoms. The van der Waals surface area contributed by atoms with E-state index in [1.807, 2.05) is 13.8 Å². The number of nitrogens with zero attached hydrogens (tertiary/aromatic N) is 2. The highest BCUT2D eigenvalue weighted by molar-refractivity contribution is 7.98. The van der Waals surface area contributed by atoms with Gasteiger partial charge in [0, 0.05) is 30.6 Å². The number of benzene rings is 1. The van der Waals surface area contributed by atoms with Crippen molar-refractivity contribution in [3.63, 3.8) is 0 Å². The quantitative estimate of drug-likeness (QED) is 0.490. The number of carbonyl (C=O) groups is 1. The summed E-state index contributed by atoms with van der Waals surface area (Å²) in [6, 6.07) is 5.47. The second kappa shape index (κ2) is 8.98. The first-order valence-electron chi connectivity index (χ1n) is 9.91. The first-order chi connectivity index (χ1) is 13.7. The Labute approximate surface area is 178 Å². The number of sulfonamides is 1. The Hall–Kier alpha value is -1.70. The molecule has 0 N–H and O–H groups in total. The standard InChI is InChI=1S/C22H28N2O3S2/c1-15-12-16(2)22(18(4)25)17(3)20(15)14-28-21-9-8-19(13-23-21)29(26,27)24-10-6-5-7-11-24/h8-9,12-13H,5-7,10-11,14H2,1-4H3. The van der Waals surface area contributed by atoms with E-state index in [4.69, 9.17) is 0 Å². The number of carbonyl (C=O) groups excluding carboxylic acids is 1. The minimum atomic E-state index is -3.46. The van der Waals surface area contributed by atoms with E-state index in [-0.39, 0.29) is 10.7 Å². The Morgan fingerprint density at radius 1 is 1.10 bits per heavy atom. The van der Waals surface area contributed by atoms with E-state index in [9.17, 15) is 13.2 Å². The molecule has 7 heteroatoms. The maximum atomic E-state index is 12.7. The van der Waals surface area contributed by atoms with Crippen molar-refractivity contribution in [1.29, 1.82) is 0 Å². The summed E-state index contributed by atoms with van der Waals surface area (Å²) in [5.41, 5.74) is 5.11. The molecule has 1 aliphatic rings. The van der Waals surface area contributed by atoms with Crippen LogP contribution in [0.2, 0.25) is 0 Å². The van der Waals surface area contributed by atoms with Crippen LogP contribution in [0.15, 0.2) is 34.3 Å². The van der Waals surface area contributed by atoms with Gasteiger partial charge in [0.15, 0.2) is 5.78 Å². The van der Waals surface area contributed by atoms with Gasteiger partial charge in [0.25, 0.3) is 0 Å². The van der Waals surface area contributed by atoms with Gasteiger partial charge in [0.2, 0.25) is 10.0 Å². The molecule has 0 radical (unpaired) electrons. The van der Waals surface area contributed by atoms with E-state index in [2.05, 4.69) is 18.0 Å². The number of aryl methyl sites for hydroxylation is 2. The number of thioether (sulfide) groups is 1. The van der Waals surface area contributed by atoms with Crippen molar-refractivity contribution in [1.82, 2.24) is 9.29 Å². The highest BCUT2D eigenvalue weighted by Crippen LogP contribution is 2.30. The van der Waals surface area contributed by atoms with Gasteiger partial charge in [-0.1, -0.05) is 12.5 Å². The number of piperidine rings is 1. The minimum Gasteiger partial charge on any atom is -0.294 e. The number of rotatable bonds is 6. The summed E-state index contributed by atoms with van der Waals surface area (Å²) in [5.74, 6) is 0.764. The molecule has 5 nitrogen and oxygen atoms in total. The van der Waals surface area contributed by atoms with Gasteiger partial charge in [-0.3, -0.25) is 4.79 Å². The Morgan fingerprint density at radius 3 is 2.38 bits per heavy atom. The van der Waals surface area contributed by atoms with E-state index in [0.717, 1.165) is 52.1 Å². The predicted molar refractivity (Wildman–Crippen MR) is 117 cm³/mol. The number of pyridine rings is 1. The molecule has 0 spiro atoms. The first-order valence-corrected chi connectivity index (χ1v) is 12.3. The summed E-state index contributed by atoms with van der Waals surface area (Å²) in [6.45, 7) is 8.80. The van der Waals surface area contributed by atoms with Crippen molar-refractivity contribution >= 4 is 27.6 Å². The van der Waals surface area contributed by atoms with Gasteiger partial charge in [0.1, 0.15) is 4.90 Å². The molecule has 2 heterocycles. The lowest BCUT2D eigenvalue weighted by molar-refractivity contribution is 0.101. The molecule has 2 aromatic rings. The SMILES string of the molecule is CC(=O)c1c(C)cc(C)c(CSc2ccc(S(=O)(=O)N3CCCCC3)cn2)c1C. The monoisotopic (exact) mass is 432 g/mol. The molecule has 3 rings (SSSR count). The molecule has 1 aromatic carbocycles. The zero-order chi connectivity index (χ0) is 21.2. The second-order valence-electron chi connectivity index (χ2n) is 7.63. The van der Waals surface area contributed by atoms with E-state index in [0.29, 0.717) is 18.8 Å². The lowest BCUT2D eigenvalue weighted by atomic mass is 9.92. The predicted octanol–water partition coefficient (Wildman–Crippen LogP) is 4.68. The number of hydrogen-bond donors (Lipinski definition) is 0. The highest BCUT2D eigenvalue weighted by Gasteiger charge is 2.26. The number of ketones is 1. The van der Waals surface area contributed by atoms with Gasteiger partial charge in [-0.15, -0.1) is 11.8 Å². The highest BCUT2D eigenvalue weighted by atomic mass is 32.2. The van der Waals surface area contributed by atoms with Crippen molar-refractivity contribution in [3.05, 3.63) is 52.2 Å².